The Hall–Kier alpha value is -4.02. The number of aromatic nitrogens is 3. The van der Waals surface area contributed by atoms with E-state index >= 15 is 0 Å². The molecule has 0 fully saturated rings. The molecule has 0 saturated heterocycles. The molecule has 190 valence electrons. The molecule has 36 heavy (non-hydrogen) atoms. The molecule has 0 radical (unpaired) electrons. The van der Waals surface area contributed by atoms with Gasteiger partial charge in [-0.1, -0.05) is 10.3 Å². The summed E-state index contributed by atoms with van der Waals surface area (Å²) < 4.78 is 64.6. The molecule has 2 heterocycles. The van der Waals surface area contributed by atoms with Gasteiger partial charge in [0.05, 0.1) is 20.8 Å². The summed E-state index contributed by atoms with van der Waals surface area (Å²) in [6.07, 6.45) is -3.41. The first-order valence-corrected chi connectivity index (χ1v) is 11.0. The number of nitrogens with zero attached hydrogens (tertiary/aromatic N) is 3. The molecule has 0 spiro atoms. The third-order valence-corrected chi connectivity index (χ3v) is 5.44. The van der Waals surface area contributed by atoms with E-state index in [0.29, 0.717) is 53.7 Å². The predicted octanol–water partition coefficient (Wildman–Crippen LogP) is 6.06. The maximum Gasteiger partial charge on any atom is 0.471 e. The van der Waals surface area contributed by atoms with E-state index in [4.69, 9.17) is 18.7 Å². The van der Waals surface area contributed by atoms with Gasteiger partial charge in [-0.25, -0.2) is 0 Å². The average molecular weight is 503 g/mol. The SMILES string of the molecule is COc1ccc(-c2cc(CCCOc3c(C)cc(-c4noc(C(F)(F)F)n4)cc3C)on2)cc1OC. The van der Waals surface area contributed by atoms with Crippen LogP contribution in [0.25, 0.3) is 22.6 Å². The fraction of sp³-hybridized carbons (Fsp3) is 0.320. The molecule has 0 aliphatic rings. The lowest BCUT2D eigenvalue weighted by atomic mass is 10.1. The molecular formula is C25H24F3N3O5. The van der Waals surface area contributed by atoms with Crippen molar-refractivity contribution < 1.29 is 36.4 Å². The number of rotatable bonds is 9. The van der Waals surface area contributed by atoms with E-state index in [0.717, 1.165) is 16.7 Å². The van der Waals surface area contributed by atoms with Gasteiger partial charge in [-0.2, -0.15) is 18.2 Å². The van der Waals surface area contributed by atoms with Crippen LogP contribution in [0.4, 0.5) is 13.2 Å². The molecule has 0 amide bonds. The van der Waals surface area contributed by atoms with E-state index < -0.39 is 12.1 Å². The Kier molecular flexibility index (Phi) is 7.18. The average Bonchev–Trinajstić information content (AvgIpc) is 3.53. The summed E-state index contributed by atoms with van der Waals surface area (Å²) in [5.74, 6) is 1.09. The molecule has 2 aromatic heterocycles. The number of halogens is 3. The summed E-state index contributed by atoms with van der Waals surface area (Å²) in [5, 5.41) is 7.58. The molecule has 0 aliphatic carbocycles. The second-order valence-electron chi connectivity index (χ2n) is 8.06. The molecule has 0 saturated carbocycles. The van der Waals surface area contributed by atoms with Gasteiger partial charge in [0.25, 0.3) is 0 Å². The maximum atomic E-state index is 12.7. The van der Waals surface area contributed by atoms with E-state index in [1.165, 1.54) is 0 Å². The van der Waals surface area contributed by atoms with Crippen molar-refractivity contribution in [1.82, 2.24) is 15.3 Å². The number of hydrogen-bond donors (Lipinski definition) is 0. The number of benzene rings is 2. The molecule has 11 heteroatoms. The second-order valence-corrected chi connectivity index (χ2v) is 8.06. The number of methoxy groups -OCH3 is 2. The molecule has 0 aliphatic heterocycles. The van der Waals surface area contributed by atoms with Crippen molar-refractivity contribution in [3.05, 3.63) is 59.2 Å². The number of hydrogen-bond acceptors (Lipinski definition) is 8. The normalized spacial score (nSPS) is 11.5. The zero-order valence-corrected chi connectivity index (χ0v) is 20.1. The van der Waals surface area contributed by atoms with Crippen molar-refractivity contribution in [3.8, 4) is 39.9 Å². The van der Waals surface area contributed by atoms with Gasteiger partial charge in [-0.15, -0.1) is 0 Å². The van der Waals surface area contributed by atoms with Crippen LogP contribution in [0.3, 0.4) is 0 Å². The van der Waals surface area contributed by atoms with Gasteiger partial charge >= 0.3 is 12.1 Å². The number of ether oxygens (including phenoxy) is 3. The molecule has 2 aromatic carbocycles. The Labute approximate surface area is 205 Å². The van der Waals surface area contributed by atoms with Gasteiger partial charge < -0.3 is 23.3 Å². The zero-order chi connectivity index (χ0) is 25.9. The van der Waals surface area contributed by atoms with Crippen LogP contribution in [0.15, 0.2) is 45.4 Å². The summed E-state index contributed by atoms with van der Waals surface area (Å²) in [6.45, 7) is 4.03. The minimum absolute atomic E-state index is 0.129. The van der Waals surface area contributed by atoms with E-state index in [1.807, 2.05) is 32.0 Å². The lowest BCUT2D eigenvalue weighted by Gasteiger charge is -2.13. The monoisotopic (exact) mass is 503 g/mol. The third-order valence-electron chi connectivity index (χ3n) is 5.44. The Morgan fingerprint density at radius 1 is 0.861 bits per heavy atom. The Balaban J connectivity index is 1.36. The quantitative estimate of drug-likeness (QED) is 0.255. The third kappa shape index (κ3) is 5.45. The van der Waals surface area contributed by atoms with E-state index in [-0.39, 0.29) is 5.82 Å². The van der Waals surface area contributed by atoms with Crippen LogP contribution in [-0.2, 0) is 12.6 Å². The lowest BCUT2D eigenvalue weighted by molar-refractivity contribution is -0.159. The van der Waals surface area contributed by atoms with Gasteiger partial charge in [0.1, 0.15) is 17.2 Å². The fourth-order valence-electron chi connectivity index (χ4n) is 3.75. The molecule has 4 aromatic rings. The maximum absolute atomic E-state index is 12.7. The minimum atomic E-state index is -4.69. The van der Waals surface area contributed by atoms with Crippen LogP contribution in [0.1, 0.15) is 29.2 Å². The topological polar surface area (TPSA) is 92.6 Å². The van der Waals surface area contributed by atoms with Crippen molar-refractivity contribution in [2.24, 2.45) is 0 Å². The van der Waals surface area contributed by atoms with E-state index in [9.17, 15) is 13.2 Å². The highest BCUT2D eigenvalue weighted by molar-refractivity contribution is 5.64. The standard InChI is InChI=1S/C25H24F3N3O5/c1-14-10-17(23-29-24(36-31-23)25(26,27)28)11-15(2)22(14)34-9-5-6-18-13-19(30-35-18)16-7-8-20(32-3)21(12-16)33-4/h7-8,10-13H,5-6,9H2,1-4H3. The summed E-state index contributed by atoms with van der Waals surface area (Å²) >= 11 is 0. The first-order chi connectivity index (χ1) is 17.2. The van der Waals surface area contributed by atoms with Crippen LogP contribution in [-0.4, -0.2) is 36.1 Å². The molecule has 0 unspecified atom stereocenters. The van der Waals surface area contributed by atoms with Gasteiger partial charge in [-0.3, -0.25) is 0 Å². The molecule has 0 atom stereocenters. The zero-order valence-electron chi connectivity index (χ0n) is 20.1. The van der Waals surface area contributed by atoms with Crippen LogP contribution >= 0.6 is 0 Å². The smallest absolute Gasteiger partial charge is 0.471 e. The van der Waals surface area contributed by atoms with Crippen molar-refractivity contribution in [2.75, 3.05) is 20.8 Å². The van der Waals surface area contributed by atoms with E-state index in [2.05, 4.69) is 19.8 Å². The van der Waals surface area contributed by atoms with Gasteiger partial charge in [0.2, 0.25) is 5.82 Å². The molecule has 4 rings (SSSR count). The Morgan fingerprint density at radius 3 is 2.22 bits per heavy atom. The van der Waals surface area contributed by atoms with Gasteiger partial charge in [0.15, 0.2) is 11.5 Å². The van der Waals surface area contributed by atoms with Crippen LogP contribution in [0.5, 0.6) is 17.2 Å². The molecular weight excluding hydrogens is 479 g/mol. The Bertz CT molecular complexity index is 1320. The fourth-order valence-corrected chi connectivity index (χ4v) is 3.75. The largest absolute Gasteiger partial charge is 0.493 e. The minimum Gasteiger partial charge on any atom is -0.493 e. The highest BCUT2D eigenvalue weighted by Crippen LogP contribution is 2.33. The first kappa shape index (κ1) is 25.1. The summed E-state index contributed by atoms with van der Waals surface area (Å²) in [7, 11) is 3.15. The highest BCUT2D eigenvalue weighted by atomic mass is 19.4. The first-order valence-electron chi connectivity index (χ1n) is 11.0. The van der Waals surface area contributed by atoms with Crippen molar-refractivity contribution in [1.29, 1.82) is 0 Å². The molecule has 0 N–H and O–H groups in total. The van der Waals surface area contributed by atoms with Crippen molar-refractivity contribution >= 4 is 0 Å². The van der Waals surface area contributed by atoms with Crippen LogP contribution in [0, 0.1) is 13.8 Å². The van der Waals surface area contributed by atoms with Crippen molar-refractivity contribution in [2.45, 2.75) is 32.9 Å². The van der Waals surface area contributed by atoms with Crippen LogP contribution in [0.2, 0.25) is 0 Å². The van der Waals surface area contributed by atoms with Gasteiger partial charge in [0, 0.05) is 23.6 Å². The predicted molar refractivity (Wildman–Crippen MR) is 123 cm³/mol. The number of alkyl halides is 3. The summed E-state index contributed by atoms with van der Waals surface area (Å²) in [6, 6.07) is 10.7. The Morgan fingerprint density at radius 2 is 1.58 bits per heavy atom. The van der Waals surface area contributed by atoms with Crippen LogP contribution < -0.4 is 14.2 Å². The summed E-state index contributed by atoms with van der Waals surface area (Å²) in [5.41, 5.74) is 3.44. The van der Waals surface area contributed by atoms with Crippen molar-refractivity contribution in [3.63, 3.8) is 0 Å². The molecule has 0 bridgehead atoms. The van der Waals surface area contributed by atoms with Gasteiger partial charge in [-0.05, 0) is 61.7 Å². The van der Waals surface area contributed by atoms with E-state index in [1.54, 1.807) is 32.4 Å². The second kappa shape index (κ2) is 10.3. The lowest BCUT2D eigenvalue weighted by Crippen LogP contribution is -2.05. The number of aryl methyl sites for hydroxylation is 3. The highest BCUT2D eigenvalue weighted by Gasteiger charge is 2.38. The molecule has 8 nitrogen and oxygen atoms in total. The summed E-state index contributed by atoms with van der Waals surface area (Å²) in [4.78, 5) is 3.44.